The van der Waals surface area contributed by atoms with Crippen molar-refractivity contribution >= 4 is 61.9 Å². The van der Waals surface area contributed by atoms with E-state index in [2.05, 4.69) is 31.3 Å². The van der Waals surface area contributed by atoms with E-state index in [-0.39, 0.29) is 29.5 Å². The van der Waals surface area contributed by atoms with Crippen LogP contribution in [0.5, 0.6) is 5.75 Å². The van der Waals surface area contributed by atoms with E-state index in [9.17, 15) is 19.7 Å². The second-order valence-electron chi connectivity index (χ2n) is 8.47. The molecular formula is C26H21BrClN5O5. The first-order valence-corrected chi connectivity index (χ1v) is 12.5. The smallest absolute Gasteiger partial charge is 0.282 e. The molecule has 0 bridgehead atoms. The Kier molecular flexibility index (Phi) is 8.18. The van der Waals surface area contributed by atoms with Crippen LogP contribution < -0.4 is 15.6 Å². The van der Waals surface area contributed by atoms with Crippen LogP contribution in [0.15, 0.2) is 75.0 Å². The number of ether oxygens (including phenoxy) is 1. The molecule has 0 spiro atoms. The fraction of sp³-hybridized carbons (Fsp3) is 0.154. The number of carbonyl (C=O) groups excluding carboxylic acids is 1. The van der Waals surface area contributed by atoms with Crippen molar-refractivity contribution in [3.8, 4) is 5.75 Å². The van der Waals surface area contributed by atoms with Crippen molar-refractivity contribution in [2.24, 2.45) is 5.10 Å². The highest BCUT2D eigenvalue weighted by atomic mass is 79.9. The van der Waals surface area contributed by atoms with E-state index in [1.807, 2.05) is 13.8 Å². The number of amides is 1. The van der Waals surface area contributed by atoms with Gasteiger partial charge in [0, 0.05) is 38.8 Å². The third-order valence-electron chi connectivity index (χ3n) is 5.35. The number of nitro groups is 1. The molecule has 10 nitrogen and oxygen atoms in total. The van der Waals surface area contributed by atoms with Crippen molar-refractivity contribution in [3.05, 3.63) is 102 Å². The molecule has 0 unspecified atom stereocenters. The predicted molar refractivity (Wildman–Crippen MR) is 149 cm³/mol. The van der Waals surface area contributed by atoms with Crippen LogP contribution in [0.3, 0.4) is 0 Å². The quantitative estimate of drug-likeness (QED) is 0.156. The molecule has 0 aliphatic heterocycles. The summed E-state index contributed by atoms with van der Waals surface area (Å²) in [6.45, 7) is 3.38. The zero-order valence-corrected chi connectivity index (χ0v) is 22.6. The fourth-order valence-corrected chi connectivity index (χ4v) is 4.01. The number of hydrogen-bond acceptors (Lipinski definition) is 7. The largest absolute Gasteiger partial charge is 0.483 e. The highest BCUT2D eigenvalue weighted by molar-refractivity contribution is 9.10. The molecule has 0 aliphatic rings. The monoisotopic (exact) mass is 597 g/mol. The zero-order chi connectivity index (χ0) is 27.4. The molecular weight excluding hydrogens is 578 g/mol. The van der Waals surface area contributed by atoms with Crippen LogP contribution in [0.4, 0.5) is 11.4 Å². The second-order valence-corrected chi connectivity index (χ2v) is 9.82. The number of benzene rings is 3. The number of anilines is 1. The molecule has 0 saturated heterocycles. The molecule has 4 aromatic rings. The van der Waals surface area contributed by atoms with Gasteiger partial charge in [0.2, 0.25) is 0 Å². The van der Waals surface area contributed by atoms with Gasteiger partial charge < -0.3 is 10.1 Å². The van der Waals surface area contributed by atoms with Crippen molar-refractivity contribution in [3.63, 3.8) is 0 Å². The lowest BCUT2D eigenvalue weighted by Crippen LogP contribution is -2.23. The number of fused-ring (bicyclic) bond motifs is 1. The first kappa shape index (κ1) is 27.0. The molecule has 194 valence electrons. The number of aromatic nitrogens is 2. The van der Waals surface area contributed by atoms with Crippen molar-refractivity contribution in [2.45, 2.75) is 19.8 Å². The van der Waals surface area contributed by atoms with Gasteiger partial charge in [0.1, 0.15) is 11.6 Å². The van der Waals surface area contributed by atoms with Gasteiger partial charge >= 0.3 is 0 Å². The number of nitro benzene ring substituents is 1. The lowest BCUT2D eigenvalue weighted by molar-refractivity contribution is -0.384. The first-order valence-electron chi connectivity index (χ1n) is 11.4. The highest BCUT2D eigenvalue weighted by Gasteiger charge is 2.16. The van der Waals surface area contributed by atoms with Crippen molar-refractivity contribution in [1.82, 2.24) is 9.66 Å². The summed E-state index contributed by atoms with van der Waals surface area (Å²) < 4.78 is 7.52. The van der Waals surface area contributed by atoms with Crippen LogP contribution in [0.1, 0.15) is 31.2 Å². The van der Waals surface area contributed by atoms with Crippen molar-refractivity contribution in [2.75, 3.05) is 11.9 Å². The summed E-state index contributed by atoms with van der Waals surface area (Å²) in [5.74, 6) is -0.0148. The van der Waals surface area contributed by atoms with E-state index >= 15 is 0 Å². The van der Waals surface area contributed by atoms with Gasteiger partial charge in [0.25, 0.3) is 17.2 Å². The van der Waals surface area contributed by atoms with Crippen LogP contribution >= 0.6 is 27.5 Å². The van der Waals surface area contributed by atoms with Crippen molar-refractivity contribution < 1.29 is 14.5 Å². The lowest BCUT2D eigenvalue weighted by atomic mass is 10.2. The second kappa shape index (κ2) is 11.5. The highest BCUT2D eigenvalue weighted by Crippen LogP contribution is 2.24. The molecule has 0 saturated carbocycles. The van der Waals surface area contributed by atoms with Gasteiger partial charge in [-0.15, -0.1) is 0 Å². The Morgan fingerprint density at radius 1 is 1.21 bits per heavy atom. The van der Waals surface area contributed by atoms with Crippen LogP contribution in [-0.4, -0.2) is 33.3 Å². The summed E-state index contributed by atoms with van der Waals surface area (Å²) in [4.78, 5) is 41.1. The summed E-state index contributed by atoms with van der Waals surface area (Å²) in [5, 5.41) is 19.3. The third kappa shape index (κ3) is 6.24. The summed E-state index contributed by atoms with van der Waals surface area (Å²) in [6, 6.07) is 15.6. The zero-order valence-electron chi connectivity index (χ0n) is 20.2. The minimum absolute atomic E-state index is 0.148. The molecule has 4 rings (SSSR count). The minimum atomic E-state index is -0.560. The SMILES string of the molecule is CC(C)c1nc2ccc(Br)cc2c(=O)n1N=Cc1cc([N+](=O)[O-])ccc1OCC(=O)Nc1ccc(Cl)cc1. The molecule has 0 fully saturated rings. The summed E-state index contributed by atoms with van der Waals surface area (Å²) in [6.07, 6.45) is 1.28. The average Bonchev–Trinajstić information content (AvgIpc) is 2.88. The number of hydrogen-bond donors (Lipinski definition) is 1. The van der Waals surface area contributed by atoms with E-state index in [1.54, 1.807) is 42.5 Å². The Hall–Kier alpha value is -4.09. The van der Waals surface area contributed by atoms with Gasteiger partial charge in [-0.25, -0.2) is 4.98 Å². The van der Waals surface area contributed by atoms with E-state index < -0.39 is 16.4 Å². The summed E-state index contributed by atoms with van der Waals surface area (Å²) >= 11 is 9.23. The Bertz CT molecular complexity index is 1620. The maximum Gasteiger partial charge on any atom is 0.282 e. The number of carbonyl (C=O) groups is 1. The topological polar surface area (TPSA) is 129 Å². The molecule has 0 aliphatic carbocycles. The van der Waals surface area contributed by atoms with Crippen LogP contribution in [0.2, 0.25) is 5.02 Å². The van der Waals surface area contributed by atoms with Crippen LogP contribution in [-0.2, 0) is 4.79 Å². The van der Waals surface area contributed by atoms with Gasteiger partial charge in [-0.2, -0.15) is 9.78 Å². The molecule has 3 aromatic carbocycles. The van der Waals surface area contributed by atoms with E-state index in [1.165, 1.54) is 24.4 Å². The minimum Gasteiger partial charge on any atom is -0.483 e. The number of non-ortho nitro benzene ring substituents is 1. The van der Waals surface area contributed by atoms with E-state index in [4.69, 9.17) is 16.3 Å². The molecule has 38 heavy (non-hydrogen) atoms. The molecule has 0 atom stereocenters. The maximum absolute atomic E-state index is 13.3. The predicted octanol–water partition coefficient (Wildman–Crippen LogP) is 5.74. The number of rotatable bonds is 8. The van der Waals surface area contributed by atoms with Crippen molar-refractivity contribution in [1.29, 1.82) is 0 Å². The Morgan fingerprint density at radius 3 is 2.63 bits per heavy atom. The van der Waals surface area contributed by atoms with Gasteiger partial charge in [-0.05, 0) is 48.5 Å². The third-order valence-corrected chi connectivity index (χ3v) is 6.10. The molecule has 1 aromatic heterocycles. The van der Waals surface area contributed by atoms with Crippen LogP contribution in [0.25, 0.3) is 10.9 Å². The standard InChI is InChI=1S/C26H21BrClN5O5/c1-15(2)25-31-22-9-3-17(27)12-21(22)26(35)32(25)29-13-16-11-20(33(36)37)8-10-23(16)38-14-24(34)30-19-6-4-18(28)5-7-19/h3-13,15H,14H2,1-2H3,(H,30,34). The number of nitrogens with one attached hydrogen (secondary N) is 1. The molecule has 1 amide bonds. The van der Waals surface area contributed by atoms with E-state index in [0.29, 0.717) is 31.9 Å². The molecule has 12 heteroatoms. The normalized spacial score (nSPS) is 11.3. The van der Waals surface area contributed by atoms with Gasteiger partial charge in [-0.3, -0.25) is 19.7 Å². The molecule has 1 heterocycles. The lowest BCUT2D eigenvalue weighted by Gasteiger charge is -2.13. The average molecular weight is 599 g/mol. The Morgan fingerprint density at radius 2 is 1.95 bits per heavy atom. The number of halogens is 2. The molecule has 1 N–H and O–H groups in total. The summed E-state index contributed by atoms with van der Waals surface area (Å²) in [5.41, 5.74) is 0.659. The molecule has 0 radical (unpaired) electrons. The maximum atomic E-state index is 13.3. The fourth-order valence-electron chi connectivity index (χ4n) is 3.53. The number of nitrogens with zero attached hydrogens (tertiary/aromatic N) is 4. The first-order chi connectivity index (χ1) is 18.1. The van der Waals surface area contributed by atoms with Gasteiger partial charge in [-0.1, -0.05) is 41.4 Å². The van der Waals surface area contributed by atoms with Gasteiger partial charge in [0.15, 0.2) is 6.61 Å². The van der Waals surface area contributed by atoms with Gasteiger partial charge in [0.05, 0.1) is 22.0 Å². The van der Waals surface area contributed by atoms with Crippen LogP contribution in [0, 0.1) is 10.1 Å². The Labute approximate surface area is 230 Å². The Balaban J connectivity index is 1.67. The summed E-state index contributed by atoms with van der Waals surface area (Å²) in [7, 11) is 0. The van der Waals surface area contributed by atoms with E-state index in [0.717, 1.165) is 4.68 Å².